The number of aryl methyl sites for hydroxylation is 2. The third-order valence-corrected chi connectivity index (χ3v) is 17.2. The molecular weight excluding hydrogens is 941 g/mol. The normalized spacial score (nSPS) is 12.9. The standard InChI is InChI=1S/C76H128N2/c1-6-11-16-18-20-22-24-26-28-30-32-34-36-38-40-42-44-46-48-50-52-54-58-70-62-71(59-55-53-51-49-47-45-43-41-39-37-35-33-31-29-27-25-23-21-19-17-12-7-2)64-73(63-70)75-67-72(60-15-10-5)76(78(75)77)74-65-68(56-13-8-3)61-69(66-74)57-14-9-4/h54-55,58-59,61-67H,6-53,56-57,60H2,1-5H3. The summed E-state index contributed by atoms with van der Waals surface area (Å²) in [7, 11) is 0. The van der Waals surface area contributed by atoms with Crippen molar-refractivity contribution in [1.82, 2.24) is 0 Å². The molecule has 0 unspecified atom stereocenters. The monoisotopic (exact) mass is 1070 g/mol. The molecule has 0 atom stereocenters. The Morgan fingerprint density at radius 3 is 0.923 bits per heavy atom. The lowest BCUT2D eigenvalue weighted by atomic mass is 9.95. The molecule has 2 nitrogen and oxygen atoms in total. The summed E-state index contributed by atoms with van der Waals surface area (Å²) in [5.74, 6) is 0. The Balaban J connectivity index is 1.49. The Labute approximate surface area is 487 Å². The summed E-state index contributed by atoms with van der Waals surface area (Å²) in [4.78, 5) is 0. The Morgan fingerprint density at radius 1 is 0.308 bits per heavy atom. The predicted molar refractivity (Wildman–Crippen MR) is 351 cm³/mol. The highest BCUT2D eigenvalue weighted by Crippen LogP contribution is 2.39. The molecule has 0 saturated carbocycles. The van der Waals surface area contributed by atoms with E-state index in [0.29, 0.717) is 0 Å². The zero-order chi connectivity index (χ0) is 55.6. The first-order valence-electron chi connectivity index (χ1n) is 35.1. The van der Waals surface area contributed by atoms with Crippen molar-refractivity contribution in [2.75, 3.05) is 0 Å². The van der Waals surface area contributed by atoms with Gasteiger partial charge >= 0.3 is 0 Å². The van der Waals surface area contributed by atoms with Crippen molar-refractivity contribution in [1.29, 1.82) is 0 Å². The van der Waals surface area contributed by atoms with Crippen molar-refractivity contribution in [2.45, 2.75) is 362 Å². The third kappa shape index (κ3) is 34.3. The van der Waals surface area contributed by atoms with Gasteiger partial charge in [-0.2, -0.15) is 0 Å². The number of unbranched alkanes of at least 4 members (excludes halogenated alkanes) is 43. The third-order valence-electron chi connectivity index (χ3n) is 17.2. The maximum atomic E-state index is 12.3. The molecule has 0 N–H and O–H groups in total. The van der Waals surface area contributed by atoms with E-state index in [1.54, 1.807) is 4.70 Å². The molecule has 78 heavy (non-hydrogen) atoms. The van der Waals surface area contributed by atoms with Crippen LogP contribution in [0.2, 0.25) is 0 Å². The molecule has 3 rings (SSSR count). The summed E-state index contributed by atoms with van der Waals surface area (Å²) in [5, 5.41) is 0. The highest BCUT2D eigenvalue weighted by molar-refractivity contribution is 5.80. The van der Waals surface area contributed by atoms with Crippen LogP contribution in [0.5, 0.6) is 0 Å². The van der Waals surface area contributed by atoms with Crippen molar-refractivity contribution in [2.24, 2.45) is 0 Å². The average Bonchev–Trinajstić information content (AvgIpc) is 3.80. The number of benzene rings is 2. The van der Waals surface area contributed by atoms with Crippen LogP contribution in [0, 0.1) is 0 Å². The maximum Gasteiger partial charge on any atom is 0.210 e. The first-order chi connectivity index (χ1) is 38.5. The second-order valence-corrected chi connectivity index (χ2v) is 24.8. The van der Waals surface area contributed by atoms with Crippen LogP contribution >= 0.6 is 0 Å². The smallest absolute Gasteiger partial charge is 0.210 e. The van der Waals surface area contributed by atoms with E-state index in [0.717, 1.165) is 61.9 Å². The number of rotatable bonds is 55. The first kappa shape index (κ1) is 69.3. The molecule has 2 heteroatoms. The van der Waals surface area contributed by atoms with Crippen LogP contribution < -0.4 is 0 Å². The highest BCUT2D eigenvalue weighted by atomic mass is 15.2. The van der Waals surface area contributed by atoms with Gasteiger partial charge in [-0.25, -0.2) is 4.70 Å². The summed E-state index contributed by atoms with van der Waals surface area (Å²) in [6.07, 6.45) is 81.2. The van der Waals surface area contributed by atoms with Crippen LogP contribution in [0.4, 0.5) is 0 Å². The molecule has 2 aromatic rings. The van der Waals surface area contributed by atoms with Crippen molar-refractivity contribution in [3.8, 4) is 0 Å². The fourth-order valence-corrected chi connectivity index (χ4v) is 12.1. The zero-order valence-corrected chi connectivity index (χ0v) is 52.8. The molecule has 0 spiro atoms. The molecule has 2 aromatic carbocycles. The topological polar surface area (TPSA) is 25.3 Å². The lowest BCUT2D eigenvalue weighted by molar-refractivity contribution is -0.344. The van der Waals surface area contributed by atoms with Gasteiger partial charge in [-0.05, 0) is 117 Å². The van der Waals surface area contributed by atoms with Gasteiger partial charge in [0.1, 0.15) is 0 Å². The molecule has 0 fully saturated rings. The quantitative estimate of drug-likeness (QED) is 0.0466. The first-order valence-corrected chi connectivity index (χ1v) is 35.1. The minimum Gasteiger partial charge on any atom is -0.493 e. The van der Waals surface area contributed by atoms with E-state index in [1.165, 1.54) is 316 Å². The maximum absolute atomic E-state index is 12.3. The predicted octanol–water partition coefficient (Wildman–Crippen LogP) is 26.8. The van der Waals surface area contributed by atoms with E-state index >= 15 is 0 Å². The fraction of sp³-hybridized carbons (Fsp3) is 0.737. The lowest BCUT2D eigenvalue weighted by Crippen LogP contribution is -2.04. The van der Waals surface area contributed by atoms with Crippen molar-refractivity contribution in [3.05, 3.63) is 99.1 Å². The molecule has 0 bridgehead atoms. The van der Waals surface area contributed by atoms with E-state index in [1.807, 2.05) is 0 Å². The van der Waals surface area contributed by atoms with E-state index < -0.39 is 0 Å². The number of hydrogen-bond donors (Lipinski definition) is 0. The molecule has 1 aliphatic heterocycles. The number of nitrogens with zero attached hydrogens (tertiary/aromatic N) is 2. The largest absolute Gasteiger partial charge is 0.493 e. The zero-order valence-electron chi connectivity index (χ0n) is 52.8. The molecular formula is C76H128N2. The van der Waals surface area contributed by atoms with Gasteiger partial charge in [0.15, 0.2) is 0 Å². The van der Waals surface area contributed by atoms with Crippen molar-refractivity contribution in [3.63, 3.8) is 0 Å². The Kier molecular flexibility index (Phi) is 44.2. The SMILES string of the molecule is CCCCCCCCCCCCCCCCCCCCCCC=Cc1cc(C=CCCCCCCCCCCCCCCCCCCCCCC)cc(C2=CC(CCCC)=C(c3cc(CCCC)cc(CCCC)c3)[N+]2=[N-])c1. The van der Waals surface area contributed by atoms with Gasteiger partial charge < -0.3 is 5.53 Å². The van der Waals surface area contributed by atoms with Gasteiger partial charge in [-0.15, -0.1) is 0 Å². The molecule has 442 valence electrons. The Bertz CT molecular complexity index is 1770. The molecule has 0 aliphatic carbocycles. The summed E-state index contributed by atoms with van der Waals surface area (Å²) in [6, 6.07) is 14.2. The summed E-state index contributed by atoms with van der Waals surface area (Å²) in [6.45, 7) is 11.5. The molecule has 1 aliphatic rings. The van der Waals surface area contributed by atoms with Gasteiger partial charge in [0, 0.05) is 22.8 Å². The second-order valence-electron chi connectivity index (χ2n) is 24.8. The van der Waals surface area contributed by atoms with E-state index in [2.05, 4.69) is 101 Å². The minimum atomic E-state index is 0.915. The fourth-order valence-electron chi connectivity index (χ4n) is 12.1. The van der Waals surface area contributed by atoms with E-state index in [4.69, 9.17) is 0 Å². The van der Waals surface area contributed by atoms with Gasteiger partial charge in [0.05, 0.1) is 0 Å². The van der Waals surface area contributed by atoms with Crippen LogP contribution in [0.15, 0.2) is 60.2 Å². The Morgan fingerprint density at radius 2 is 0.603 bits per heavy atom. The molecule has 0 aromatic heterocycles. The van der Waals surface area contributed by atoms with Crippen molar-refractivity contribution >= 4 is 23.5 Å². The van der Waals surface area contributed by atoms with Gasteiger partial charge in [0.2, 0.25) is 11.4 Å². The number of allylic oxidation sites excluding steroid dienone is 4. The highest BCUT2D eigenvalue weighted by Gasteiger charge is 2.29. The minimum absolute atomic E-state index is 0.915. The second kappa shape index (κ2) is 49.8. The van der Waals surface area contributed by atoms with Crippen LogP contribution in [0.25, 0.3) is 29.1 Å². The van der Waals surface area contributed by atoms with Crippen molar-refractivity contribution < 1.29 is 4.70 Å². The van der Waals surface area contributed by atoms with E-state index in [-0.39, 0.29) is 0 Å². The van der Waals surface area contributed by atoms with Gasteiger partial charge in [0.25, 0.3) is 0 Å². The molecule has 1 heterocycles. The molecule has 0 amide bonds. The van der Waals surface area contributed by atoms with Crippen LogP contribution in [0.3, 0.4) is 0 Å². The van der Waals surface area contributed by atoms with E-state index in [9.17, 15) is 5.53 Å². The molecule has 0 radical (unpaired) electrons. The van der Waals surface area contributed by atoms with Crippen LogP contribution in [-0.4, -0.2) is 4.70 Å². The van der Waals surface area contributed by atoms with Gasteiger partial charge in [-0.1, -0.05) is 328 Å². The summed E-state index contributed by atoms with van der Waals surface area (Å²) in [5.41, 5.74) is 23.1. The van der Waals surface area contributed by atoms with Crippen LogP contribution in [0.1, 0.15) is 383 Å². The lowest BCUT2D eigenvalue weighted by Gasteiger charge is -2.14. The summed E-state index contributed by atoms with van der Waals surface area (Å²) < 4.78 is 1.56. The molecule has 0 saturated heterocycles. The Hall–Kier alpha value is -3.00. The van der Waals surface area contributed by atoms with Gasteiger partial charge in [-0.3, -0.25) is 0 Å². The average molecular weight is 1070 g/mol. The summed E-state index contributed by atoms with van der Waals surface area (Å²) >= 11 is 0. The van der Waals surface area contributed by atoms with Crippen LogP contribution in [-0.2, 0) is 12.8 Å². The number of hydrogen-bond acceptors (Lipinski definition) is 0.